The quantitative estimate of drug-likeness (QED) is 0.456. The molecule has 0 unspecified atom stereocenters. The fourth-order valence-corrected chi connectivity index (χ4v) is 1.19. The molecular formula is C9H16N4O2. The Balaban J connectivity index is 4.80. The van der Waals surface area contributed by atoms with E-state index in [1.54, 1.807) is 6.19 Å². The van der Waals surface area contributed by atoms with Gasteiger partial charge in [-0.05, 0) is 12.3 Å². The first kappa shape index (κ1) is 13.4. The summed E-state index contributed by atoms with van der Waals surface area (Å²) in [6.07, 6.45) is 2.00. The van der Waals surface area contributed by atoms with Crippen LogP contribution in [0, 0.1) is 17.4 Å². The first-order chi connectivity index (χ1) is 6.93. The SMILES string of the molecule is CC(C)C[C@@H](C(N)=O)N(C#N)C(=O)CN. The van der Waals surface area contributed by atoms with Gasteiger partial charge in [-0.25, -0.2) is 4.90 Å². The second-order valence-electron chi connectivity index (χ2n) is 3.62. The molecule has 0 saturated heterocycles. The van der Waals surface area contributed by atoms with E-state index in [1.165, 1.54) is 0 Å². The Morgan fingerprint density at radius 2 is 2.00 bits per heavy atom. The molecule has 0 aromatic rings. The molecule has 0 aromatic carbocycles. The predicted octanol–water partition coefficient (Wildman–Crippen LogP) is -0.845. The number of primary amides is 1. The molecular weight excluding hydrogens is 196 g/mol. The van der Waals surface area contributed by atoms with E-state index in [2.05, 4.69) is 0 Å². The molecule has 0 fully saturated rings. The maximum Gasteiger partial charge on any atom is 0.250 e. The maximum absolute atomic E-state index is 11.2. The third kappa shape index (κ3) is 3.95. The number of rotatable bonds is 5. The van der Waals surface area contributed by atoms with Crippen LogP contribution in [0.4, 0.5) is 0 Å². The van der Waals surface area contributed by atoms with E-state index in [0.29, 0.717) is 6.42 Å². The Morgan fingerprint density at radius 3 is 2.27 bits per heavy atom. The molecule has 84 valence electrons. The summed E-state index contributed by atoms with van der Waals surface area (Å²) in [5.74, 6) is -1.13. The van der Waals surface area contributed by atoms with Gasteiger partial charge in [-0.2, -0.15) is 5.26 Å². The van der Waals surface area contributed by atoms with Gasteiger partial charge in [-0.15, -0.1) is 0 Å². The Hall–Kier alpha value is -1.61. The van der Waals surface area contributed by atoms with Crippen LogP contribution in [-0.2, 0) is 9.59 Å². The molecule has 6 heteroatoms. The van der Waals surface area contributed by atoms with Gasteiger partial charge in [0.2, 0.25) is 11.8 Å². The lowest BCUT2D eigenvalue weighted by atomic mass is 10.0. The van der Waals surface area contributed by atoms with Crippen LogP contribution in [-0.4, -0.2) is 29.3 Å². The standard InChI is InChI=1S/C9H16N4O2/c1-6(2)3-7(9(12)15)13(5-11)8(14)4-10/h6-7H,3-4,10H2,1-2H3,(H2,12,15)/t7-/m0/s1. The van der Waals surface area contributed by atoms with Crippen molar-refractivity contribution in [3.8, 4) is 6.19 Å². The van der Waals surface area contributed by atoms with Gasteiger partial charge in [0, 0.05) is 0 Å². The molecule has 6 nitrogen and oxygen atoms in total. The summed E-state index contributed by atoms with van der Waals surface area (Å²) in [6.45, 7) is 3.44. The Labute approximate surface area is 88.8 Å². The third-order valence-electron chi connectivity index (χ3n) is 1.89. The van der Waals surface area contributed by atoms with E-state index in [0.717, 1.165) is 4.90 Å². The molecule has 1 atom stereocenters. The molecule has 0 rings (SSSR count). The topological polar surface area (TPSA) is 113 Å². The van der Waals surface area contributed by atoms with Crippen molar-refractivity contribution in [2.24, 2.45) is 17.4 Å². The number of hydrogen-bond donors (Lipinski definition) is 2. The molecule has 0 aliphatic heterocycles. The molecule has 0 radical (unpaired) electrons. The first-order valence-corrected chi connectivity index (χ1v) is 4.65. The van der Waals surface area contributed by atoms with Crippen molar-refractivity contribution in [1.82, 2.24) is 4.90 Å². The summed E-state index contributed by atoms with van der Waals surface area (Å²) in [5.41, 5.74) is 10.3. The Kier molecular flexibility index (Phi) is 5.34. The highest BCUT2D eigenvalue weighted by Crippen LogP contribution is 2.10. The molecule has 0 bridgehead atoms. The zero-order valence-corrected chi connectivity index (χ0v) is 8.93. The van der Waals surface area contributed by atoms with Crippen molar-refractivity contribution in [2.45, 2.75) is 26.3 Å². The van der Waals surface area contributed by atoms with Crippen molar-refractivity contribution in [2.75, 3.05) is 6.54 Å². The lowest BCUT2D eigenvalue weighted by Crippen LogP contribution is -2.47. The molecule has 0 heterocycles. The smallest absolute Gasteiger partial charge is 0.250 e. The summed E-state index contributed by atoms with van der Waals surface area (Å²) in [7, 11) is 0. The molecule has 0 aromatic heterocycles. The van der Waals surface area contributed by atoms with Crippen LogP contribution in [0.15, 0.2) is 0 Å². The van der Waals surface area contributed by atoms with E-state index in [-0.39, 0.29) is 12.5 Å². The molecule has 0 aliphatic rings. The van der Waals surface area contributed by atoms with Crippen LogP contribution in [0.2, 0.25) is 0 Å². The number of nitrogens with zero attached hydrogens (tertiary/aromatic N) is 2. The summed E-state index contributed by atoms with van der Waals surface area (Å²) < 4.78 is 0. The first-order valence-electron chi connectivity index (χ1n) is 4.65. The van der Waals surface area contributed by atoms with Gasteiger partial charge in [-0.1, -0.05) is 13.8 Å². The van der Waals surface area contributed by atoms with Crippen LogP contribution >= 0.6 is 0 Å². The number of carbonyl (C=O) groups excluding carboxylic acids is 2. The average molecular weight is 212 g/mol. The highest BCUT2D eigenvalue weighted by atomic mass is 16.2. The zero-order chi connectivity index (χ0) is 12.0. The lowest BCUT2D eigenvalue weighted by Gasteiger charge is -2.23. The summed E-state index contributed by atoms with van der Waals surface area (Å²) in [6, 6.07) is -0.897. The van der Waals surface area contributed by atoms with Crippen molar-refractivity contribution in [1.29, 1.82) is 5.26 Å². The largest absolute Gasteiger partial charge is 0.368 e. The van der Waals surface area contributed by atoms with E-state index in [9.17, 15) is 9.59 Å². The molecule has 0 spiro atoms. The van der Waals surface area contributed by atoms with Crippen LogP contribution in [0.3, 0.4) is 0 Å². The fourth-order valence-electron chi connectivity index (χ4n) is 1.19. The highest BCUT2D eigenvalue weighted by molar-refractivity contribution is 5.88. The minimum absolute atomic E-state index is 0.156. The average Bonchev–Trinajstić information content (AvgIpc) is 2.16. The van der Waals surface area contributed by atoms with Crippen molar-refractivity contribution in [3.05, 3.63) is 0 Å². The van der Waals surface area contributed by atoms with Gasteiger partial charge in [0.25, 0.3) is 0 Å². The third-order valence-corrected chi connectivity index (χ3v) is 1.89. The van der Waals surface area contributed by atoms with Crippen LogP contribution in [0.25, 0.3) is 0 Å². The van der Waals surface area contributed by atoms with Gasteiger partial charge >= 0.3 is 0 Å². The number of nitrogens with two attached hydrogens (primary N) is 2. The van der Waals surface area contributed by atoms with Crippen LogP contribution in [0.1, 0.15) is 20.3 Å². The predicted molar refractivity (Wildman–Crippen MR) is 54.0 cm³/mol. The second kappa shape index (κ2) is 5.98. The van der Waals surface area contributed by atoms with Crippen LogP contribution < -0.4 is 11.5 Å². The number of nitriles is 1. The van der Waals surface area contributed by atoms with Crippen molar-refractivity contribution >= 4 is 11.8 Å². The second-order valence-corrected chi connectivity index (χ2v) is 3.62. The Bertz CT molecular complexity index is 282. The number of amides is 2. The van der Waals surface area contributed by atoms with Crippen molar-refractivity contribution in [3.63, 3.8) is 0 Å². The zero-order valence-electron chi connectivity index (χ0n) is 8.93. The highest BCUT2D eigenvalue weighted by Gasteiger charge is 2.28. The van der Waals surface area contributed by atoms with Gasteiger partial charge in [0.1, 0.15) is 6.04 Å². The van der Waals surface area contributed by atoms with Gasteiger partial charge in [-0.3, -0.25) is 9.59 Å². The lowest BCUT2D eigenvalue weighted by molar-refractivity contribution is -0.135. The summed E-state index contributed by atoms with van der Waals surface area (Å²) >= 11 is 0. The molecule has 2 amide bonds. The van der Waals surface area contributed by atoms with Gasteiger partial charge < -0.3 is 11.5 Å². The van der Waals surface area contributed by atoms with E-state index in [1.807, 2.05) is 13.8 Å². The maximum atomic E-state index is 11.2. The number of hydrogen-bond acceptors (Lipinski definition) is 4. The molecule has 15 heavy (non-hydrogen) atoms. The van der Waals surface area contributed by atoms with E-state index < -0.39 is 17.9 Å². The van der Waals surface area contributed by atoms with E-state index in [4.69, 9.17) is 16.7 Å². The van der Waals surface area contributed by atoms with Gasteiger partial charge in [0.15, 0.2) is 6.19 Å². The number of carbonyl (C=O) groups is 2. The van der Waals surface area contributed by atoms with E-state index >= 15 is 0 Å². The van der Waals surface area contributed by atoms with Gasteiger partial charge in [0.05, 0.1) is 6.54 Å². The normalized spacial score (nSPS) is 11.9. The summed E-state index contributed by atoms with van der Waals surface area (Å²) in [4.78, 5) is 23.1. The minimum atomic E-state index is -0.897. The Morgan fingerprint density at radius 1 is 1.47 bits per heavy atom. The minimum Gasteiger partial charge on any atom is -0.368 e. The monoisotopic (exact) mass is 212 g/mol. The molecule has 0 aliphatic carbocycles. The van der Waals surface area contributed by atoms with Crippen molar-refractivity contribution < 1.29 is 9.59 Å². The summed E-state index contributed by atoms with van der Waals surface area (Å²) in [5, 5.41) is 8.75. The van der Waals surface area contributed by atoms with Crippen LogP contribution in [0.5, 0.6) is 0 Å². The molecule has 0 saturated carbocycles. The molecule has 4 N–H and O–H groups in total. The fraction of sp³-hybridized carbons (Fsp3) is 0.667.